The number of hydrogen-bond acceptors (Lipinski definition) is 3. The summed E-state index contributed by atoms with van der Waals surface area (Å²) in [6.45, 7) is 1.53. The number of nitrogens with two attached hydrogens (primary N) is 1. The molecule has 0 radical (unpaired) electrons. The molecule has 1 atom stereocenters. The van der Waals surface area contributed by atoms with E-state index in [2.05, 4.69) is 0 Å². The largest absolute Gasteiger partial charge is 0.458 e. The first-order valence-electron chi connectivity index (χ1n) is 5.51. The van der Waals surface area contributed by atoms with Gasteiger partial charge in [0.25, 0.3) is 0 Å². The molecule has 0 heterocycles. The Kier molecular flexibility index (Phi) is 3.45. The molecule has 1 unspecified atom stereocenters. The third-order valence-electron chi connectivity index (χ3n) is 2.57. The average molecular weight is 264 g/mol. The Morgan fingerprint density at radius 3 is 2.50 bits per heavy atom. The Hall–Kier alpha value is -1.71. The summed E-state index contributed by atoms with van der Waals surface area (Å²) in [5, 5.41) is 10.9. The highest BCUT2D eigenvalue weighted by Crippen LogP contribution is 2.31. The van der Waals surface area contributed by atoms with Crippen molar-refractivity contribution in [1.82, 2.24) is 0 Å². The molecule has 0 saturated carbocycles. The fourth-order valence-electron chi connectivity index (χ4n) is 1.70. The van der Waals surface area contributed by atoms with Gasteiger partial charge in [-0.05, 0) is 30.3 Å². The van der Waals surface area contributed by atoms with E-state index >= 15 is 0 Å². The van der Waals surface area contributed by atoms with Crippen LogP contribution in [-0.4, -0.2) is 5.11 Å². The Morgan fingerprint density at radius 2 is 1.83 bits per heavy atom. The fourth-order valence-corrected chi connectivity index (χ4v) is 1.88. The van der Waals surface area contributed by atoms with Gasteiger partial charge in [-0.15, -0.1) is 0 Å². The summed E-state index contributed by atoms with van der Waals surface area (Å²) in [5.41, 5.74) is 6.70. The maximum absolute atomic E-state index is 10.4. The molecular formula is C14H14ClNO2. The van der Waals surface area contributed by atoms with Crippen molar-refractivity contribution in [2.24, 2.45) is 0 Å². The van der Waals surface area contributed by atoms with Crippen LogP contribution in [0.1, 0.15) is 12.5 Å². The van der Waals surface area contributed by atoms with Crippen molar-refractivity contribution >= 4 is 17.3 Å². The Bertz CT molecular complexity index is 541. The van der Waals surface area contributed by atoms with Gasteiger partial charge in [-0.1, -0.05) is 29.8 Å². The summed E-state index contributed by atoms with van der Waals surface area (Å²) in [4.78, 5) is 0. The first-order chi connectivity index (χ1) is 8.49. The smallest absolute Gasteiger partial charge is 0.234 e. The van der Waals surface area contributed by atoms with Gasteiger partial charge in [-0.2, -0.15) is 0 Å². The second-order valence-electron chi connectivity index (χ2n) is 4.13. The number of anilines is 1. The summed E-state index contributed by atoms with van der Waals surface area (Å²) in [6, 6.07) is 13.9. The SMILES string of the molecule is CC(O)(Oc1ccccc1)c1cc(Cl)ccc1N. The van der Waals surface area contributed by atoms with Crippen molar-refractivity contribution in [1.29, 1.82) is 0 Å². The third kappa shape index (κ3) is 2.75. The van der Waals surface area contributed by atoms with Crippen LogP contribution >= 0.6 is 11.6 Å². The second-order valence-corrected chi connectivity index (χ2v) is 4.57. The van der Waals surface area contributed by atoms with Crippen molar-refractivity contribution in [2.75, 3.05) is 5.73 Å². The first kappa shape index (κ1) is 12.7. The number of para-hydroxylation sites is 1. The zero-order valence-corrected chi connectivity index (χ0v) is 10.7. The third-order valence-corrected chi connectivity index (χ3v) is 2.81. The van der Waals surface area contributed by atoms with Crippen LogP contribution < -0.4 is 10.5 Å². The molecule has 3 nitrogen and oxygen atoms in total. The molecule has 2 aromatic carbocycles. The molecule has 0 amide bonds. The molecule has 3 N–H and O–H groups in total. The van der Waals surface area contributed by atoms with Crippen molar-refractivity contribution in [2.45, 2.75) is 12.7 Å². The lowest BCUT2D eigenvalue weighted by Gasteiger charge is -2.26. The van der Waals surface area contributed by atoms with E-state index in [-0.39, 0.29) is 0 Å². The number of halogens is 1. The molecule has 0 spiro atoms. The standard InChI is InChI=1S/C14H14ClNO2/c1-14(17,18-11-5-3-2-4-6-11)12-9-10(15)7-8-13(12)16/h2-9,17H,16H2,1H3. The molecule has 0 saturated heterocycles. The minimum Gasteiger partial charge on any atom is -0.458 e. The molecular weight excluding hydrogens is 250 g/mol. The van der Waals surface area contributed by atoms with Gasteiger partial charge in [0, 0.05) is 23.2 Å². The Morgan fingerprint density at radius 1 is 1.17 bits per heavy atom. The molecule has 0 aliphatic heterocycles. The molecule has 0 bridgehead atoms. The van der Waals surface area contributed by atoms with Crippen LogP contribution in [0.2, 0.25) is 5.02 Å². The lowest BCUT2D eigenvalue weighted by atomic mass is 10.1. The van der Waals surface area contributed by atoms with E-state index < -0.39 is 5.79 Å². The lowest BCUT2D eigenvalue weighted by Crippen LogP contribution is -2.29. The predicted octanol–water partition coefficient (Wildman–Crippen LogP) is 3.17. The normalized spacial score (nSPS) is 13.9. The molecule has 18 heavy (non-hydrogen) atoms. The van der Waals surface area contributed by atoms with Crippen LogP contribution in [0, 0.1) is 0 Å². The van der Waals surface area contributed by atoms with E-state index in [1.54, 1.807) is 30.3 Å². The lowest BCUT2D eigenvalue weighted by molar-refractivity contribution is -0.128. The summed E-state index contributed by atoms with van der Waals surface area (Å²) >= 11 is 5.90. The van der Waals surface area contributed by atoms with Gasteiger partial charge < -0.3 is 15.6 Å². The number of rotatable bonds is 3. The average Bonchev–Trinajstić information content (AvgIpc) is 2.33. The predicted molar refractivity (Wildman–Crippen MR) is 72.5 cm³/mol. The number of aliphatic hydroxyl groups is 1. The van der Waals surface area contributed by atoms with Gasteiger partial charge in [0.1, 0.15) is 5.75 Å². The zero-order valence-electron chi connectivity index (χ0n) is 9.93. The minimum atomic E-state index is -1.53. The van der Waals surface area contributed by atoms with E-state index in [0.717, 1.165) is 0 Å². The molecule has 94 valence electrons. The monoisotopic (exact) mass is 263 g/mol. The van der Waals surface area contributed by atoms with Crippen LogP contribution in [0.15, 0.2) is 48.5 Å². The molecule has 4 heteroatoms. The van der Waals surface area contributed by atoms with Crippen LogP contribution in [0.5, 0.6) is 5.75 Å². The molecule has 0 aliphatic carbocycles. The van der Waals surface area contributed by atoms with Crippen molar-refractivity contribution in [3.05, 3.63) is 59.1 Å². The zero-order chi connectivity index (χ0) is 13.2. The molecule has 0 fully saturated rings. The van der Waals surface area contributed by atoms with Gasteiger partial charge >= 0.3 is 0 Å². The van der Waals surface area contributed by atoms with E-state index in [4.69, 9.17) is 22.1 Å². The second kappa shape index (κ2) is 4.88. The van der Waals surface area contributed by atoms with Crippen LogP contribution in [0.4, 0.5) is 5.69 Å². The first-order valence-corrected chi connectivity index (χ1v) is 5.89. The molecule has 2 aromatic rings. The number of benzene rings is 2. The topological polar surface area (TPSA) is 55.5 Å². The van der Waals surface area contributed by atoms with Crippen molar-refractivity contribution in [3.8, 4) is 5.75 Å². The highest BCUT2D eigenvalue weighted by molar-refractivity contribution is 6.30. The van der Waals surface area contributed by atoms with E-state index in [9.17, 15) is 5.11 Å². The maximum Gasteiger partial charge on any atom is 0.234 e. The van der Waals surface area contributed by atoms with Crippen LogP contribution in [-0.2, 0) is 5.79 Å². The highest BCUT2D eigenvalue weighted by atomic mass is 35.5. The van der Waals surface area contributed by atoms with Gasteiger partial charge in [-0.3, -0.25) is 0 Å². The quantitative estimate of drug-likeness (QED) is 0.661. The van der Waals surface area contributed by atoms with Gasteiger partial charge in [0.2, 0.25) is 5.79 Å². The van der Waals surface area contributed by atoms with Crippen LogP contribution in [0.25, 0.3) is 0 Å². The number of ether oxygens (including phenoxy) is 1. The van der Waals surface area contributed by atoms with Gasteiger partial charge in [0.15, 0.2) is 0 Å². The van der Waals surface area contributed by atoms with E-state index in [1.165, 1.54) is 6.92 Å². The number of hydrogen-bond donors (Lipinski definition) is 2. The summed E-state index contributed by atoms with van der Waals surface area (Å²) in [7, 11) is 0. The summed E-state index contributed by atoms with van der Waals surface area (Å²) in [5.74, 6) is -0.974. The minimum absolute atomic E-state index is 0.431. The van der Waals surface area contributed by atoms with Gasteiger partial charge in [0.05, 0.1) is 0 Å². The Balaban J connectivity index is 2.33. The number of nitrogen functional groups attached to an aromatic ring is 1. The molecule has 2 rings (SSSR count). The van der Waals surface area contributed by atoms with Crippen molar-refractivity contribution < 1.29 is 9.84 Å². The van der Waals surface area contributed by atoms with E-state index in [0.29, 0.717) is 22.0 Å². The van der Waals surface area contributed by atoms with Crippen molar-refractivity contribution in [3.63, 3.8) is 0 Å². The maximum atomic E-state index is 10.4. The Labute approximate surface area is 111 Å². The van der Waals surface area contributed by atoms with E-state index in [1.807, 2.05) is 18.2 Å². The highest BCUT2D eigenvalue weighted by Gasteiger charge is 2.28. The molecule has 0 aliphatic rings. The summed E-state index contributed by atoms with van der Waals surface area (Å²) in [6.07, 6.45) is 0. The van der Waals surface area contributed by atoms with Crippen LogP contribution in [0.3, 0.4) is 0 Å². The molecule has 0 aromatic heterocycles. The van der Waals surface area contributed by atoms with Gasteiger partial charge in [-0.25, -0.2) is 0 Å². The summed E-state index contributed by atoms with van der Waals surface area (Å²) < 4.78 is 5.54. The fraction of sp³-hybridized carbons (Fsp3) is 0.143.